The first kappa shape index (κ1) is 15.6. The van der Waals surface area contributed by atoms with E-state index in [2.05, 4.69) is 0 Å². The lowest BCUT2D eigenvalue weighted by Gasteiger charge is -2.19. The van der Waals surface area contributed by atoms with Crippen molar-refractivity contribution in [1.82, 2.24) is 0 Å². The summed E-state index contributed by atoms with van der Waals surface area (Å²) in [5, 5.41) is 0.0321. The predicted molar refractivity (Wildman–Crippen MR) is 67.8 cm³/mol. The van der Waals surface area contributed by atoms with Crippen LogP contribution in [0.4, 0.5) is 0 Å². The van der Waals surface area contributed by atoms with Gasteiger partial charge in [-0.1, -0.05) is 18.2 Å². The molecule has 0 aliphatic rings. The molecule has 1 unspecified atom stereocenters. The lowest BCUT2D eigenvalue weighted by molar-refractivity contribution is 0.163. The van der Waals surface area contributed by atoms with Crippen LogP contribution in [0.1, 0.15) is 13.8 Å². The van der Waals surface area contributed by atoms with E-state index in [1.54, 1.807) is 32.0 Å². The first-order valence-electron chi connectivity index (χ1n) is 5.42. The second-order valence-electron chi connectivity index (χ2n) is 3.22. The van der Waals surface area contributed by atoms with Crippen LogP contribution in [-0.2, 0) is 22.5 Å². The van der Waals surface area contributed by atoms with Gasteiger partial charge in [0, 0.05) is 0 Å². The highest BCUT2D eigenvalue weighted by Gasteiger charge is 2.37. The van der Waals surface area contributed by atoms with E-state index in [9.17, 15) is 14.0 Å². The van der Waals surface area contributed by atoms with Gasteiger partial charge >= 0.3 is 15.4 Å². The predicted octanol–water partition coefficient (Wildman–Crippen LogP) is 2.70. The van der Waals surface area contributed by atoms with Crippen molar-refractivity contribution in [2.45, 2.75) is 13.8 Å². The topological polar surface area (TPSA) is 82.1 Å². The second-order valence-corrected chi connectivity index (χ2v) is 6.84. The van der Waals surface area contributed by atoms with Crippen molar-refractivity contribution in [3.63, 3.8) is 0 Å². The van der Waals surface area contributed by atoms with Gasteiger partial charge in [0.05, 0.1) is 18.5 Å². The highest BCUT2D eigenvalue weighted by molar-refractivity contribution is 7.69. The van der Waals surface area contributed by atoms with Gasteiger partial charge in [0.1, 0.15) is 0 Å². The molecular weight excluding hydrogens is 278 g/mol. The molecule has 1 aromatic carbocycles. The first-order valence-corrected chi connectivity index (χ1v) is 8.46. The van der Waals surface area contributed by atoms with Crippen LogP contribution < -0.4 is 5.30 Å². The van der Waals surface area contributed by atoms with Crippen LogP contribution in [0.2, 0.25) is 0 Å². The Morgan fingerprint density at radius 1 is 1.06 bits per heavy atom. The maximum absolute atomic E-state index is 12.0. The van der Waals surface area contributed by atoms with Gasteiger partial charge in [0.15, 0.2) is 0 Å². The van der Waals surface area contributed by atoms with E-state index in [4.69, 9.17) is 13.4 Å². The molecule has 0 bridgehead atoms. The molecule has 0 fully saturated rings. The van der Waals surface area contributed by atoms with Crippen molar-refractivity contribution in [2.24, 2.45) is 0 Å². The molecular formula is C10H16O6P2. The zero-order chi connectivity index (χ0) is 13.6. The number of hydrogen-bond acceptors (Lipinski definition) is 5. The number of phosphoric ester groups is 1. The molecule has 1 rings (SSSR count). The van der Waals surface area contributed by atoms with Crippen molar-refractivity contribution < 1.29 is 27.4 Å². The van der Waals surface area contributed by atoms with E-state index in [1.807, 2.05) is 0 Å². The third kappa shape index (κ3) is 4.32. The molecule has 0 saturated carbocycles. The summed E-state index contributed by atoms with van der Waals surface area (Å²) in [6, 6.07) is 7.65. The molecule has 8 heteroatoms. The molecule has 102 valence electrons. The molecule has 0 radical (unpaired) electrons. The standard InChI is InChI=1S/C10H16O6P2/c1-3-14-18(13,15-4-2)16-17(11,12)10-8-6-5-7-9-10/h5-9H,3-4H2,1-2H3,(H,11,12). The van der Waals surface area contributed by atoms with Gasteiger partial charge in [0.2, 0.25) is 0 Å². The molecule has 1 aromatic rings. The van der Waals surface area contributed by atoms with Crippen LogP contribution in [0.25, 0.3) is 0 Å². The third-order valence-electron chi connectivity index (χ3n) is 1.87. The van der Waals surface area contributed by atoms with Gasteiger partial charge in [-0.05, 0) is 26.0 Å². The molecule has 0 aliphatic heterocycles. The van der Waals surface area contributed by atoms with Gasteiger partial charge in [-0.25, -0.2) is 8.88 Å². The van der Waals surface area contributed by atoms with Gasteiger partial charge < -0.3 is 4.89 Å². The van der Waals surface area contributed by atoms with Crippen LogP contribution in [0.15, 0.2) is 30.3 Å². The van der Waals surface area contributed by atoms with E-state index in [0.717, 1.165) is 0 Å². The highest BCUT2D eigenvalue weighted by Crippen LogP contribution is 2.62. The maximum Gasteiger partial charge on any atom is 0.482 e. The van der Waals surface area contributed by atoms with Crippen LogP contribution >= 0.6 is 15.4 Å². The Hall–Kier alpha value is -0.480. The molecule has 1 atom stereocenters. The third-order valence-corrected chi connectivity index (χ3v) is 5.65. The zero-order valence-electron chi connectivity index (χ0n) is 10.2. The Kier molecular flexibility index (Phi) is 5.73. The summed E-state index contributed by atoms with van der Waals surface area (Å²) in [4.78, 5) is 9.78. The summed E-state index contributed by atoms with van der Waals surface area (Å²) in [6.45, 7) is 3.26. The number of phosphoric acid groups is 1. The van der Waals surface area contributed by atoms with Gasteiger partial charge in [0.25, 0.3) is 0 Å². The number of rotatable bonds is 7. The zero-order valence-corrected chi connectivity index (χ0v) is 12.0. The summed E-state index contributed by atoms with van der Waals surface area (Å²) in [7, 11) is -8.26. The van der Waals surface area contributed by atoms with Gasteiger partial charge in [-0.3, -0.25) is 13.6 Å². The van der Waals surface area contributed by atoms with Crippen LogP contribution in [0.5, 0.6) is 0 Å². The minimum absolute atomic E-state index is 0.0321. The summed E-state index contributed by atoms with van der Waals surface area (Å²) < 4.78 is 38.3. The lowest BCUT2D eigenvalue weighted by Crippen LogP contribution is -2.08. The average molecular weight is 294 g/mol. The van der Waals surface area contributed by atoms with Crippen molar-refractivity contribution in [3.8, 4) is 0 Å². The Bertz CT molecular complexity index is 451. The van der Waals surface area contributed by atoms with E-state index < -0.39 is 15.4 Å². The van der Waals surface area contributed by atoms with Crippen molar-refractivity contribution in [3.05, 3.63) is 30.3 Å². The number of hydrogen-bond donors (Lipinski definition) is 1. The lowest BCUT2D eigenvalue weighted by atomic mass is 10.4. The van der Waals surface area contributed by atoms with E-state index in [1.165, 1.54) is 12.1 Å². The maximum atomic E-state index is 12.0. The van der Waals surface area contributed by atoms with Crippen LogP contribution in [-0.4, -0.2) is 18.1 Å². The minimum Gasteiger partial charge on any atom is -0.321 e. The largest absolute Gasteiger partial charge is 0.482 e. The highest BCUT2D eigenvalue weighted by atomic mass is 31.3. The van der Waals surface area contributed by atoms with Crippen molar-refractivity contribution >= 4 is 20.7 Å². The summed E-state index contributed by atoms with van der Waals surface area (Å²) >= 11 is 0. The number of benzene rings is 1. The molecule has 18 heavy (non-hydrogen) atoms. The first-order chi connectivity index (χ1) is 8.43. The second kappa shape index (κ2) is 6.62. The van der Waals surface area contributed by atoms with Gasteiger partial charge in [-0.2, -0.15) is 0 Å². The SMILES string of the molecule is CCOP(=O)(OCC)OP(=O)(O)c1ccccc1. The fraction of sp³-hybridized carbons (Fsp3) is 0.400. The Balaban J connectivity index is 2.93. The molecule has 6 nitrogen and oxygen atoms in total. The quantitative estimate of drug-likeness (QED) is 0.778. The molecule has 0 spiro atoms. The summed E-state index contributed by atoms with van der Waals surface area (Å²) in [5.74, 6) is 0. The van der Waals surface area contributed by atoms with Crippen LogP contribution in [0.3, 0.4) is 0 Å². The van der Waals surface area contributed by atoms with Crippen LogP contribution in [0, 0.1) is 0 Å². The monoisotopic (exact) mass is 294 g/mol. The van der Waals surface area contributed by atoms with E-state index in [0.29, 0.717) is 0 Å². The normalized spacial score (nSPS) is 15.3. The Morgan fingerprint density at radius 3 is 2.00 bits per heavy atom. The minimum atomic E-state index is -4.24. The molecule has 0 heterocycles. The molecule has 0 aliphatic carbocycles. The molecule has 0 saturated heterocycles. The smallest absolute Gasteiger partial charge is 0.321 e. The molecule has 1 N–H and O–H groups in total. The Labute approximate surface area is 106 Å². The fourth-order valence-corrected chi connectivity index (χ4v) is 4.29. The Morgan fingerprint density at radius 2 is 1.56 bits per heavy atom. The molecule has 0 amide bonds. The fourth-order valence-electron chi connectivity index (χ4n) is 1.20. The molecule has 0 aromatic heterocycles. The summed E-state index contributed by atoms with van der Waals surface area (Å²) in [6.07, 6.45) is 0. The average Bonchev–Trinajstić information content (AvgIpc) is 2.29. The van der Waals surface area contributed by atoms with E-state index >= 15 is 0 Å². The van der Waals surface area contributed by atoms with E-state index in [-0.39, 0.29) is 18.5 Å². The van der Waals surface area contributed by atoms with Crippen molar-refractivity contribution in [2.75, 3.05) is 13.2 Å². The summed E-state index contributed by atoms with van der Waals surface area (Å²) in [5.41, 5.74) is 0. The van der Waals surface area contributed by atoms with Crippen molar-refractivity contribution in [1.29, 1.82) is 0 Å². The van der Waals surface area contributed by atoms with Gasteiger partial charge in [-0.15, -0.1) is 0 Å².